The van der Waals surface area contributed by atoms with Gasteiger partial charge in [0.2, 0.25) is 0 Å². The van der Waals surface area contributed by atoms with Gasteiger partial charge < -0.3 is 4.74 Å². The lowest BCUT2D eigenvalue weighted by atomic mass is 9.48. The van der Waals surface area contributed by atoms with Gasteiger partial charge in [-0.05, 0) is 104 Å². The van der Waals surface area contributed by atoms with Crippen molar-refractivity contribution in [3.63, 3.8) is 0 Å². The average Bonchev–Trinajstić information content (AvgIpc) is 3.08. The summed E-state index contributed by atoms with van der Waals surface area (Å²) in [6, 6.07) is 0. The molecule has 4 aliphatic rings. The lowest BCUT2D eigenvalue weighted by molar-refractivity contribution is -0.152. The molecule has 3 fully saturated rings. The molecule has 0 radical (unpaired) electrons. The Bertz CT molecular complexity index is 735. The highest BCUT2D eigenvalue weighted by molar-refractivity contribution is 5.66. The molecule has 0 aromatic rings. The summed E-state index contributed by atoms with van der Waals surface area (Å²) in [5.41, 5.74) is 4.69. The van der Waals surface area contributed by atoms with Gasteiger partial charge in [-0.3, -0.25) is 4.79 Å². The highest BCUT2D eigenvalue weighted by Gasteiger charge is 2.55. The van der Waals surface area contributed by atoms with Crippen LogP contribution in [0.15, 0.2) is 11.1 Å². The van der Waals surface area contributed by atoms with Crippen molar-refractivity contribution in [2.75, 3.05) is 0 Å². The van der Waals surface area contributed by atoms with Crippen molar-refractivity contribution < 1.29 is 9.53 Å². The predicted octanol–water partition coefficient (Wildman–Crippen LogP) is 8.35. The normalized spacial score (nSPS) is 41.0. The highest BCUT2D eigenvalue weighted by atomic mass is 16.5. The first kappa shape index (κ1) is 24.3. The SMILES string of the molecule is CC(=O)OC1CC[C@]2(C)[C@@H](CCC3=C4CCC([C@H](C)CC[C@H](C)C(C)C)C4(C)CC[C@@H]32)C1. The molecule has 0 spiro atoms. The Morgan fingerprint density at radius 1 is 1.00 bits per heavy atom. The van der Waals surface area contributed by atoms with Gasteiger partial charge in [0.15, 0.2) is 0 Å². The van der Waals surface area contributed by atoms with Crippen LogP contribution in [0.2, 0.25) is 0 Å². The first-order valence-electron chi connectivity index (χ1n) is 14.0. The fourth-order valence-corrected chi connectivity index (χ4v) is 8.80. The summed E-state index contributed by atoms with van der Waals surface area (Å²) in [5.74, 6) is 4.81. The van der Waals surface area contributed by atoms with Gasteiger partial charge in [-0.1, -0.05) is 65.5 Å². The molecule has 3 saturated carbocycles. The summed E-state index contributed by atoms with van der Waals surface area (Å²) >= 11 is 0. The first-order valence-corrected chi connectivity index (χ1v) is 14.0. The Kier molecular flexibility index (Phi) is 6.92. The molecule has 8 atom stereocenters. The summed E-state index contributed by atoms with van der Waals surface area (Å²) in [5, 5.41) is 0. The van der Waals surface area contributed by atoms with Gasteiger partial charge in [-0.15, -0.1) is 0 Å². The standard InChI is InChI=1S/C30H50O2/c1-19(2)20(3)8-9-21(4)26-12-13-27-25-11-10-23-18-24(32-22(5)31)14-16-29(23,6)28(25)15-17-30(26,27)7/h19-21,23-24,26,28H,8-18H2,1-7H3/t20-,21+,23-,24?,26?,28-,29+,30?/m0/s1. The molecule has 4 rings (SSSR count). The number of allylic oxidation sites excluding steroid dienone is 2. The van der Waals surface area contributed by atoms with Crippen molar-refractivity contribution >= 4 is 5.97 Å². The van der Waals surface area contributed by atoms with Crippen LogP contribution in [0.5, 0.6) is 0 Å². The summed E-state index contributed by atoms with van der Waals surface area (Å²) < 4.78 is 5.65. The Hall–Kier alpha value is -0.790. The number of rotatable bonds is 6. The second kappa shape index (κ2) is 9.10. The maximum absolute atomic E-state index is 11.5. The van der Waals surface area contributed by atoms with Crippen LogP contribution in [0.25, 0.3) is 0 Å². The molecule has 0 heterocycles. The molecule has 0 aromatic heterocycles. The summed E-state index contributed by atoms with van der Waals surface area (Å²) in [6.07, 6.45) is 14.6. The van der Waals surface area contributed by atoms with Crippen molar-refractivity contribution in [2.24, 2.45) is 46.3 Å². The van der Waals surface area contributed by atoms with Crippen molar-refractivity contribution in [1.82, 2.24) is 0 Å². The molecular weight excluding hydrogens is 392 g/mol. The third-order valence-corrected chi connectivity index (χ3v) is 11.3. The van der Waals surface area contributed by atoms with E-state index in [-0.39, 0.29) is 12.1 Å². The van der Waals surface area contributed by atoms with Crippen molar-refractivity contribution in [3.8, 4) is 0 Å². The Morgan fingerprint density at radius 2 is 1.75 bits per heavy atom. The van der Waals surface area contributed by atoms with Crippen LogP contribution in [0.1, 0.15) is 119 Å². The number of hydrogen-bond acceptors (Lipinski definition) is 2. The monoisotopic (exact) mass is 442 g/mol. The van der Waals surface area contributed by atoms with Gasteiger partial charge >= 0.3 is 5.97 Å². The molecule has 3 unspecified atom stereocenters. The molecule has 0 bridgehead atoms. The number of carbonyl (C=O) groups excluding carboxylic acids is 1. The van der Waals surface area contributed by atoms with Crippen LogP contribution in [-0.4, -0.2) is 12.1 Å². The quantitative estimate of drug-likeness (QED) is 0.305. The van der Waals surface area contributed by atoms with Crippen LogP contribution in [0, 0.1) is 46.3 Å². The minimum atomic E-state index is -0.0976. The second-order valence-corrected chi connectivity index (χ2v) is 13.2. The smallest absolute Gasteiger partial charge is 0.302 e. The zero-order valence-corrected chi connectivity index (χ0v) is 22.1. The highest BCUT2D eigenvalue weighted by Crippen LogP contribution is 2.66. The van der Waals surface area contributed by atoms with E-state index in [9.17, 15) is 4.79 Å². The molecule has 2 heteroatoms. The van der Waals surface area contributed by atoms with Crippen LogP contribution >= 0.6 is 0 Å². The molecule has 0 aliphatic heterocycles. The fourth-order valence-electron chi connectivity index (χ4n) is 8.80. The number of ether oxygens (including phenoxy) is 1. The van der Waals surface area contributed by atoms with Gasteiger partial charge in [0, 0.05) is 6.92 Å². The van der Waals surface area contributed by atoms with E-state index in [0.717, 1.165) is 48.3 Å². The van der Waals surface area contributed by atoms with E-state index < -0.39 is 0 Å². The molecule has 32 heavy (non-hydrogen) atoms. The second-order valence-electron chi connectivity index (χ2n) is 13.2. The maximum Gasteiger partial charge on any atom is 0.302 e. The number of carbonyl (C=O) groups is 1. The molecule has 2 nitrogen and oxygen atoms in total. The maximum atomic E-state index is 11.5. The van der Waals surface area contributed by atoms with Crippen molar-refractivity contribution in [1.29, 1.82) is 0 Å². The largest absolute Gasteiger partial charge is 0.463 e. The van der Waals surface area contributed by atoms with Gasteiger partial charge in [-0.2, -0.15) is 0 Å². The lowest BCUT2D eigenvalue weighted by Gasteiger charge is -2.57. The molecule has 0 N–H and O–H groups in total. The van der Waals surface area contributed by atoms with Crippen LogP contribution in [0.3, 0.4) is 0 Å². The third kappa shape index (κ3) is 4.22. The van der Waals surface area contributed by atoms with E-state index in [1.165, 1.54) is 57.8 Å². The molecular formula is C30H50O2. The molecule has 0 saturated heterocycles. The average molecular weight is 443 g/mol. The van der Waals surface area contributed by atoms with Gasteiger partial charge in [-0.25, -0.2) is 0 Å². The Labute approximate surface area is 198 Å². The number of fused-ring (bicyclic) bond motifs is 4. The topological polar surface area (TPSA) is 26.3 Å². The predicted molar refractivity (Wildman–Crippen MR) is 133 cm³/mol. The summed E-state index contributed by atoms with van der Waals surface area (Å²) in [4.78, 5) is 11.5. The molecule has 182 valence electrons. The first-order chi connectivity index (χ1) is 15.1. The number of hydrogen-bond donors (Lipinski definition) is 0. The molecule has 0 amide bonds. The van der Waals surface area contributed by atoms with Gasteiger partial charge in [0.05, 0.1) is 0 Å². The Morgan fingerprint density at radius 3 is 2.44 bits per heavy atom. The zero-order chi connectivity index (χ0) is 23.3. The summed E-state index contributed by atoms with van der Waals surface area (Å²) in [7, 11) is 0. The van der Waals surface area contributed by atoms with E-state index in [4.69, 9.17) is 4.74 Å². The minimum absolute atomic E-state index is 0.0976. The number of esters is 1. The molecule has 0 aromatic carbocycles. The van der Waals surface area contributed by atoms with E-state index in [2.05, 4.69) is 41.5 Å². The molecule has 4 aliphatic carbocycles. The summed E-state index contributed by atoms with van der Waals surface area (Å²) in [6.45, 7) is 16.6. The Balaban J connectivity index is 1.50. The van der Waals surface area contributed by atoms with E-state index in [1.54, 1.807) is 6.92 Å². The van der Waals surface area contributed by atoms with E-state index in [1.807, 2.05) is 11.1 Å². The van der Waals surface area contributed by atoms with Crippen molar-refractivity contribution in [3.05, 3.63) is 11.1 Å². The van der Waals surface area contributed by atoms with Crippen LogP contribution in [-0.2, 0) is 9.53 Å². The van der Waals surface area contributed by atoms with Gasteiger partial charge in [0.25, 0.3) is 0 Å². The van der Waals surface area contributed by atoms with E-state index >= 15 is 0 Å². The minimum Gasteiger partial charge on any atom is -0.463 e. The van der Waals surface area contributed by atoms with Crippen LogP contribution < -0.4 is 0 Å². The fraction of sp³-hybridized carbons (Fsp3) is 0.900. The third-order valence-electron chi connectivity index (χ3n) is 11.3. The van der Waals surface area contributed by atoms with Crippen LogP contribution in [0.4, 0.5) is 0 Å². The van der Waals surface area contributed by atoms with Crippen molar-refractivity contribution in [2.45, 2.75) is 125 Å². The zero-order valence-electron chi connectivity index (χ0n) is 22.1. The lowest BCUT2D eigenvalue weighted by Crippen LogP contribution is -2.48. The van der Waals surface area contributed by atoms with Gasteiger partial charge in [0.1, 0.15) is 6.10 Å². The van der Waals surface area contributed by atoms with E-state index in [0.29, 0.717) is 10.8 Å².